The van der Waals surface area contributed by atoms with Gasteiger partial charge < -0.3 is 8.83 Å². The molecule has 0 saturated heterocycles. The number of benzene rings is 4. The van der Waals surface area contributed by atoms with Crippen LogP contribution >= 0.6 is 0 Å². The van der Waals surface area contributed by atoms with E-state index in [1.165, 1.54) is 11.1 Å². The first-order valence-electron chi connectivity index (χ1n) is 13.0. The molecule has 4 nitrogen and oxygen atoms in total. The smallest absolute Gasteiger partial charge is 0.227 e. The Morgan fingerprint density at radius 3 is 1.61 bits per heavy atom. The van der Waals surface area contributed by atoms with E-state index in [0.717, 1.165) is 33.3 Å². The number of hydrogen-bond donors (Lipinski definition) is 0. The average Bonchev–Trinajstić information content (AvgIpc) is 3.53. The molecule has 0 spiro atoms. The predicted octanol–water partition coefficient (Wildman–Crippen LogP) is 9.58. The zero-order valence-corrected chi connectivity index (χ0v) is 22.9. The van der Waals surface area contributed by atoms with Crippen molar-refractivity contribution in [2.24, 2.45) is 0 Å². The van der Waals surface area contributed by atoms with Gasteiger partial charge in [0.05, 0.1) is 0 Å². The number of fused-ring (bicyclic) bond motifs is 2. The predicted molar refractivity (Wildman–Crippen MR) is 156 cm³/mol. The van der Waals surface area contributed by atoms with Crippen molar-refractivity contribution < 1.29 is 8.83 Å². The summed E-state index contributed by atoms with van der Waals surface area (Å²) in [6, 6.07) is 32.2. The van der Waals surface area contributed by atoms with E-state index in [4.69, 9.17) is 13.8 Å². The van der Waals surface area contributed by atoms with E-state index < -0.39 is 0 Å². The van der Waals surface area contributed by atoms with Crippen LogP contribution in [0.5, 0.6) is 0 Å². The first-order valence-corrected chi connectivity index (χ1v) is 13.0. The van der Waals surface area contributed by atoms with E-state index in [2.05, 4.69) is 58.7 Å². The molecule has 0 saturated carbocycles. The molecule has 38 heavy (non-hydrogen) atoms. The lowest BCUT2D eigenvalue weighted by Crippen LogP contribution is -2.16. The summed E-state index contributed by atoms with van der Waals surface area (Å²) in [5, 5.41) is 0. The fourth-order valence-electron chi connectivity index (χ4n) is 4.30. The molecule has 0 fully saturated rings. The summed E-state index contributed by atoms with van der Waals surface area (Å²) in [7, 11) is 0. The van der Waals surface area contributed by atoms with Crippen LogP contribution in [0.15, 0.2) is 106 Å². The molecule has 0 radical (unpaired) electrons. The summed E-state index contributed by atoms with van der Waals surface area (Å²) in [4.78, 5) is 9.18. The molecule has 0 unspecified atom stereocenters. The van der Waals surface area contributed by atoms with Crippen LogP contribution in [0.25, 0.3) is 45.1 Å². The summed E-state index contributed by atoms with van der Waals surface area (Å²) in [6.45, 7) is 13.4. The molecule has 0 N–H and O–H groups in total. The molecule has 0 bridgehead atoms. The Morgan fingerprint density at radius 1 is 0.526 bits per heavy atom. The van der Waals surface area contributed by atoms with Gasteiger partial charge in [0.2, 0.25) is 11.8 Å². The molecule has 0 aliphatic heterocycles. The van der Waals surface area contributed by atoms with Gasteiger partial charge in [0.15, 0.2) is 11.2 Å². The normalized spacial score (nSPS) is 11.9. The Morgan fingerprint density at radius 2 is 1.05 bits per heavy atom. The Bertz CT molecular complexity index is 1630. The molecule has 6 rings (SSSR count). The van der Waals surface area contributed by atoms with Crippen molar-refractivity contribution in [1.82, 2.24) is 9.97 Å². The monoisotopic (exact) mass is 502 g/mol. The minimum atomic E-state index is 0.00695. The van der Waals surface area contributed by atoms with Crippen molar-refractivity contribution in [2.45, 2.75) is 52.4 Å². The van der Waals surface area contributed by atoms with E-state index in [0.29, 0.717) is 11.8 Å². The number of nitrogens with zero attached hydrogens (tertiary/aromatic N) is 2. The molecule has 0 aliphatic carbocycles. The Hall–Kier alpha value is -4.18. The fourth-order valence-corrected chi connectivity index (χ4v) is 4.30. The van der Waals surface area contributed by atoms with Gasteiger partial charge in [-0.3, -0.25) is 0 Å². The summed E-state index contributed by atoms with van der Waals surface area (Å²) < 4.78 is 11.8. The molecule has 2 heterocycles. The Kier molecular flexibility index (Phi) is 6.66. The molecule has 0 amide bonds. The van der Waals surface area contributed by atoms with Gasteiger partial charge in [0.1, 0.15) is 11.0 Å². The maximum atomic E-state index is 6.17. The fraction of sp³-hybridized carbons (Fsp3) is 0.235. The van der Waals surface area contributed by atoms with Crippen LogP contribution in [0.3, 0.4) is 0 Å². The highest BCUT2D eigenvalue weighted by Gasteiger charge is 2.25. The zero-order valence-electron chi connectivity index (χ0n) is 22.9. The van der Waals surface area contributed by atoms with Crippen LogP contribution in [0, 0.1) is 0 Å². The molecular weight excluding hydrogens is 468 g/mol. The molecular formula is C34H34N2O2. The number of aromatic nitrogens is 2. The van der Waals surface area contributed by atoms with E-state index in [-0.39, 0.29) is 10.8 Å². The second-order valence-electron chi connectivity index (χ2n) is 11.6. The molecule has 4 aromatic carbocycles. The van der Waals surface area contributed by atoms with Crippen molar-refractivity contribution in [2.75, 3.05) is 0 Å². The van der Waals surface area contributed by atoms with Crippen LogP contribution in [0.4, 0.5) is 0 Å². The average molecular weight is 503 g/mol. The van der Waals surface area contributed by atoms with Crippen LogP contribution < -0.4 is 0 Å². The number of oxazole rings is 2. The van der Waals surface area contributed by atoms with Gasteiger partial charge >= 0.3 is 0 Å². The molecule has 4 heteroatoms. The third kappa shape index (κ3) is 5.40. The minimum Gasteiger partial charge on any atom is -0.436 e. The van der Waals surface area contributed by atoms with E-state index >= 15 is 0 Å². The highest BCUT2D eigenvalue weighted by Crippen LogP contribution is 2.37. The second kappa shape index (κ2) is 9.94. The maximum Gasteiger partial charge on any atom is 0.227 e. The van der Waals surface area contributed by atoms with Crippen LogP contribution in [-0.2, 0) is 10.8 Å². The van der Waals surface area contributed by atoms with Crippen LogP contribution in [0.2, 0.25) is 0 Å². The molecule has 2 aromatic heterocycles. The standard InChI is InChI=1S/C21H25NO.C13H9NO/c1-20(2,3)15-12-16(21(4,5)6)18-17(13-15)22-19(23-18)14-10-8-7-9-11-14;1-2-6-10(7-3-1)13-14-11-8-4-5-9-12(11)15-13/h7-13H,1-6H3;1-9H. The van der Waals surface area contributed by atoms with Crippen LogP contribution in [-0.4, -0.2) is 9.97 Å². The van der Waals surface area contributed by atoms with Gasteiger partial charge in [0.25, 0.3) is 0 Å². The van der Waals surface area contributed by atoms with Gasteiger partial charge in [-0.05, 0) is 58.9 Å². The topological polar surface area (TPSA) is 52.1 Å². The Balaban J connectivity index is 0.000000168. The zero-order chi connectivity index (χ0) is 26.9. The minimum absolute atomic E-state index is 0.00695. The van der Waals surface area contributed by atoms with Gasteiger partial charge in [0, 0.05) is 16.7 Å². The molecule has 6 aromatic rings. The van der Waals surface area contributed by atoms with Gasteiger partial charge in [-0.2, -0.15) is 0 Å². The first kappa shape index (κ1) is 25.5. The summed E-state index contributed by atoms with van der Waals surface area (Å²) in [5.74, 6) is 1.37. The highest BCUT2D eigenvalue weighted by molar-refractivity contribution is 5.81. The van der Waals surface area contributed by atoms with Crippen LogP contribution in [0.1, 0.15) is 52.7 Å². The summed E-state index contributed by atoms with van der Waals surface area (Å²) in [6.07, 6.45) is 0. The van der Waals surface area contributed by atoms with Crippen molar-refractivity contribution in [3.05, 3.63) is 108 Å². The lowest BCUT2D eigenvalue weighted by atomic mass is 9.80. The lowest BCUT2D eigenvalue weighted by molar-refractivity contribution is 0.552. The van der Waals surface area contributed by atoms with Gasteiger partial charge in [-0.15, -0.1) is 0 Å². The second-order valence-corrected chi connectivity index (χ2v) is 11.6. The van der Waals surface area contributed by atoms with E-state index in [1.807, 2.05) is 84.9 Å². The van der Waals surface area contributed by atoms with Crippen molar-refractivity contribution in [3.63, 3.8) is 0 Å². The van der Waals surface area contributed by atoms with E-state index in [9.17, 15) is 0 Å². The molecule has 0 aliphatic rings. The van der Waals surface area contributed by atoms with Crippen molar-refractivity contribution in [3.8, 4) is 22.9 Å². The third-order valence-electron chi connectivity index (χ3n) is 6.50. The lowest BCUT2D eigenvalue weighted by Gasteiger charge is -2.24. The molecule has 192 valence electrons. The van der Waals surface area contributed by atoms with Gasteiger partial charge in [-0.25, -0.2) is 9.97 Å². The van der Waals surface area contributed by atoms with Crippen molar-refractivity contribution in [1.29, 1.82) is 0 Å². The number of rotatable bonds is 2. The first-order chi connectivity index (χ1) is 18.1. The summed E-state index contributed by atoms with van der Waals surface area (Å²) >= 11 is 0. The maximum absolute atomic E-state index is 6.17. The number of para-hydroxylation sites is 2. The van der Waals surface area contributed by atoms with E-state index in [1.54, 1.807) is 0 Å². The quantitative estimate of drug-likeness (QED) is 0.236. The Labute approximate surface area is 224 Å². The molecule has 0 atom stereocenters. The largest absolute Gasteiger partial charge is 0.436 e. The van der Waals surface area contributed by atoms with Gasteiger partial charge in [-0.1, -0.05) is 96.1 Å². The summed E-state index contributed by atoms with van der Waals surface area (Å²) in [5.41, 5.74) is 8.21. The SMILES string of the molecule is CC(C)(C)c1cc(C(C)(C)C)c2oc(-c3ccccc3)nc2c1.c1ccc(-c2nc3ccccc3o2)cc1. The van der Waals surface area contributed by atoms with Crippen molar-refractivity contribution >= 4 is 22.2 Å². The number of hydrogen-bond acceptors (Lipinski definition) is 4. The highest BCUT2D eigenvalue weighted by atomic mass is 16.4. The third-order valence-corrected chi connectivity index (χ3v) is 6.50.